The summed E-state index contributed by atoms with van der Waals surface area (Å²) in [4.78, 5) is 14.0. The third kappa shape index (κ3) is 2.64. The molecule has 84 valence electrons. The predicted molar refractivity (Wildman–Crippen MR) is 58.9 cm³/mol. The van der Waals surface area contributed by atoms with Gasteiger partial charge in [-0.3, -0.25) is 10.1 Å². The molecule has 2 heterocycles. The number of rotatable bonds is 2. The number of hydrogen-bond acceptors (Lipinski definition) is 4. The minimum Gasteiger partial charge on any atom is -0.381 e. The average Bonchev–Trinajstić information content (AvgIpc) is 2.31. The Bertz CT molecular complexity index is 404. The molecule has 1 saturated heterocycles. The standard InChI is InChI=1S/C11H12N2O3/c14-13(15)11-2-1-10(12-8-11)7-9-3-5-16-6-4-9/h1-2,7-8H,3-6H2. The van der Waals surface area contributed by atoms with Gasteiger partial charge in [-0.05, 0) is 25.0 Å². The van der Waals surface area contributed by atoms with Crippen molar-refractivity contribution in [1.82, 2.24) is 4.98 Å². The molecule has 5 nitrogen and oxygen atoms in total. The molecule has 2 rings (SSSR count). The first-order valence-electron chi connectivity index (χ1n) is 5.13. The number of pyridine rings is 1. The van der Waals surface area contributed by atoms with Crippen LogP contribution in [-0.2, 0) is 4.74 Å². The highest BCUT2D eigenvalue weighted by molar-refractivity contribution is 5.50. The van der Waals surface area contributed by atoms with Crippen LogP contribution in [0.1, 0.15) is 18.5 Å². The van der Waals surface area contributed by atoms with Crippen molar-refractivity contribution in [3.8, 4) is 0 Å². The first-order chi connectivity index (χ1) is 7.75. The molecule has 0 N–H and O–H groups in total. The number of aromatic nitrogens is 1. The van der Waals surface area contributed by atoms with Gasteiger partial charge in [-0.1, -0.05) is 5.57 Å². The maximum absolute atomic E-state index is 10.4. The molecule has 0 radical (unpaired) electrons. The molecule has 0 aromatic carbocycles. The summed E-state index contributed by atoms with van der Waals surface area (Å²) in [5.74, 6) is 0. The topological polar surface area (TPSA) is 65.3 Å². The number of ether oxygens (including phenoxy) is 1. The van der Waals surface area contributed by atoms with Crippen LogP contribution >= 0.6 is 0 Å². The van der Waals surface area contributed by atoms with Crippen molar-refractivity contribution in [3.63, 3.8) is 0 Å². The van der Waals surface area contributed by atoms with E-state index in [0.29, 0.717) is 0 Å². The Morgan fingerprint density at radius 1 is 1.38 bits per heavy atom. The molecule has 0 saturated carbocycles. The van der Waals surface area contributed by atoms with Gasteiger partial charge >= 0.3 is 0 Å². The van der Waals surface area contributed by atoms with Crippen LogP contribution in [0, 0.1) is 10.1 Å². The third-order valence-corrected chi connectivity index (χ3v) is 2.47. The highest BCUT2D eigenvalue weighted by Gasteiger charge is 2.07. The first kappa shape index (κ1) is 10.8. The van der Waals surface area contributed by atoms with Crippen molar-refractivity contribution in [2.45, 2.75) is 12.8 Å². The van der Waals surface area contributed by atoms with Crippen molar-refractivity contribution in [2.24, 2.45) is 0 Å². The summed E-state index contributed by atoms with van der Waals surface area (Å²) in [6, 6.07) is 3.14. The van der Waals surface area contributed by atoms with Crippen molar-refractivity contribution in [3.05, 3.63) is 39.7 Å². The van der Waals surface area contributed by atoms with E-state index in [1.807, 2.05) is 6.08 Å². The van der Waals surface area contributed by atoms with Crippen LogP contribution < -0.4 is 0 Å². The predicted octanol–water partition coefficient (Wildman–Crippen LogP) is 2.18. The van der Waals surface area contributed by atoms with Gasteiger partial charge in [0.05, 0.1) is 23.8 Å². The maximum Gasteiger partial charge on any atom is 0.287 e. The molecule has 5 heteroatoms. The van der Waals surface area contributed by atoms with Crippen molar-refractivity contribution < 1.29 is 9.66 Å². The fraction of sp³-hybridized carbons (Fsp3) is 0.364. The van der Waals surface area contributed by atoms with Crippen molar-refractivity contribution >= 4 is 11.8 Å². The normalized spacial score (nSPS) is 15.9. The van der Waals surface area contributed by atoms with Crippen LogP contribution in [0.2, 0.25) is 0 Å². The zero-order valence-corrected chi connectivity index (χ0v) is 8.76. The van der Waals surface area contributed by atoms with Gasteiger partial charge in [-0.15, -0.1) is 0 Å². The van der Waals surface area contributed by atoms with Crippen LogP contribution in [0.3, 0.4) is 0 Å². The van der Waals surface area contributed by atoms with Gasteiger partial charge < -0.3 is 4.74 Å². The summed E-state index contributed by atoms with van der Waals surface area (Å²) in [5.41, 5.74) is 2.07. The fourth-order valence-electron chi connectivity index (χ4n) is 1.58. The third-order valence-electron chi connectivity index (χ3n) is 2.47. The van der Waals surface area contributed by atoms with Gasteiger partial charge in [0.2, 0.25) is 0 Å². The zero-order valence-electron chi connectivity index (χ0n) is 8.76. The molecule has 1 fully saturated rings. The second-order valence-corrected chi connectivity index (χ2v) is 3.61. The Morgan fingerprint density at radius 2 is 2.12 bits per heavy atom. The summed E-state index contributed by atoms with van der Waals surface area (Å²) in [7, 11) is 0. The van der Waals surface area contributed by atoms with Gasteiger partial charge in [-0.25, -0.2) is 4.98 Å². The lowest BCUT2D eigenvalue weighted by Crippen LogP contribution is -2.07. The summed E-state index contributed by atoms with van der Waals surface area (Å²) in [6.45, 7) is 1.50. The minimum atomic E-state index is -0.446. The monoisotopic (exact) mass is 220 g/mol. The second-order valence-electron chi connectivity index (χ2n) is 3.61. The lowest BCUT2D eigenvalue weighted by atomic mass is 10.1. The quantitative estimate of drug-likeness (QED) is 0.566. The van der Waals surface area contributed by atoms with E-state index in [0.717, 1.165) is 31.7 Å². The van der Waals surface area contributed by atoms with E-state index in [1.54, 1.807) is 6.07 Å². The highest BCUT2D eigenvalue weighted by atomic mass is 16.6. The smallest absolute Gasteiger partial charge is 0.287 e. The number of nitro groups is 1. The fourth-order valence-corrected chi connectivity index (χ4v) is 1.58. The lowest BCUT2D eigenvalue weighted by Gasteiger charge is -2.14. The van der Waals surface area contributed by atoms with Crippen LogP contribution in [0.4, 0.5) is 5.69 Å². The van der Waals surface area contributed by atoms with Crippen molar-refractivity contribution in [1.29, 1.82) is 0 Å². The van der Waals surface area contributed by atoms with E-state index in [9.17, 15) is 10.1 Å². The number of hydrogen-bond donors (Lipinski definition) is 0. The SMILES string of the molecule is O=[N+]([O-])c1ccc(C=C2CCOCC2)nc1. The van der Waals surface area contributed by atoms with Crippen LogP contribution in [-0.4, -0.2) is 23.1 Å². The summed E-state index contributed by atoms with van der Waals surface area (Å²) >= 11 is 0. The molecule has 0 bridgehead atoms. The Kier molecular flexibility index (Phi) is 3.26. The van der Waals surface area contributed by atoms with Crippen LogP contribution in [0.15, 0.2) is 23.9 Å². The van der Waals surface area contributed by atoms with Gasteiger partial charge in [0, 0.05) is 6.07 Å². The molecule has 16 heavy (non-hydrogen) atoms. The molecule has 0 amide bonds. The van der Waals surface area contributed by atoms with Gasteiger partial charge in [0.1, 0.15) is 6.20 Å². The largest absolute Gasteiger partial charge is 0.381 e. The lowest BCUT2D eigenvalue weighted by molar-refractivity contribution is -0.385. The van der Waals surface area contributed by atoms with E-state index < -0.39 is 4.92 Å². The van der Waals surface area contributed by atoms with E-state index in [1.165, 1.54) is 17.8 Å². The molecule has 0 atom stereocenters. The van der Waals surface area contributed by atoms with E-state index in [4.69, 9.17) is 4.74 Å². The molecular formula is C11H12N2O3. The molecule has 1 aromatic heterocycles. The van der Waals surface area contributed by atoms with E-state index in [-0.39, 0.29) is 5.69 Å². The molecule has 1 aromatic rings. The average molecular weight is 220 g/mol. The van der Waals surface area contributed by atoms with Gasteiger partial charge in [0.15, 0.2) is 0 Å². The molecular weight excluding hydrogens is 208 g/mol. The Hall–Kier alpha value is -1.75. The maximum atomic E-state index is 10.4. The summed E-state index contributed by atoms with van der Waals surface area (Å²) < 4.78 is 5.24. The Balaban J connectivity index is 2.12. The highest BCUT2D eigenvalue weighted by Crippen LogP contribution is 2.17. The van der Waals surface area contributed by atoms with Crippen molar-refractivity contribution in [2.75, 3.05) is 13.2 Å². The molecule has 0 aliphatic carbocycles. The Morgan fingerprint density at radius 3 is 2.69 bits per heavy atom. The molecule has 0 spiro atoms. The Labute approximate surface area is 92.9 Å². The molecule has 1 aliphatic rings. The van der Waals surface area contributed by atoms with Gasteiger partial charge in [0.25, 0.3) is 5.69 Å². The minimum absolute atomic E-state index is 0.0223. The first-order valence-corrected chi connectivity index (χ1v) is 5.13. The number of nitrogens with zero attached hydrogens (tertiary/aromatic N) is 2. The second kappa shape index (κ2) is 4.85. The van der Waals surface area contributed by atoms with Crippen LogP contribution in [0.5, 0.6) is 0 Å². The summed E-state index contributed by atoms with van der Waals surface area (Å²) in [6.07, 6.45) is 5.09. The van der Waals surface area contributed by atoms with Gasteiger partial charge in [-0.2, -0.15) is 0 Å². The zero-order chi connectivity index (χ0) is 11.4. The summed E-state index contributed by atoms with van der Waals surface area (Å²) in [5, 5.41) is 10.4. The molecule has 0 unspecified atom stereocenters. The van der Waals surface area contributed by atoms with E-state index >= 15 is 0 Å². The molecule has 1 aliphatic heterocycles. The van der Waals surface area contributed by atoms with E-state index in [2.05, 4.69) is 4.98 Å². The van der Waals surface area contributed by atoms with Crippen LogP contribution in [0.25, 0.3) is 6.08 Å².